The summed E-state index contributed by atoms with van der Waals surface area (Å²) in [5, 5.41) is 20.0. The summed E-state index contributed by atoms with van der Waals surface area (Å²) in [4.78, 5) is 19.0. The van der Waals surface area contributed by atoms with E-state index < -0.39 is 0 Å². The molecule has 2 N–H and O–H groups in total. The highest BCUT2D eigenvalue weighted by Crippen LogP contribution is 2.25. The fourth-order valence-electron chi connectivity index (χ4n) is 3.35. The van der Waals surface area contributed by atoms with Crippen LogP contribution in [0.4, 0.5) is 5.69 Å². The predicted octanol–water partition coefficient (Wildman–Crippen LogP) is 3.56. The first kappa shape index (κ1) is 23.2. The van der Waals surface area contributed by atoms with Gasteiger partial charge in [0.05, 0.1) is 30.7 Å². The molecule has 2 unspecified atom stereocenters. The van der Waals surface area contributed by atoms with Crippen LogP contribution in [0.5, 0.6) is 0 Å². The number of aliphatic imine (C=N–C) groups is 1. The van der Waals surface area contributed by atoms with Crippen molar-refractivity contribution in [1.29, 1.82) is 0 Å². The largest absolute Gasteiger partial charge is 0.379 e. The van der Waals surface area contributed by atoms with Gasteiger partial charge in [0.2, 0.25) is 0 Å². The molecular weight excluding hydrogens is 414 g/mol. The number of rotatable bonds is 9. The Morgan fingerprint density at radius 3 is 2.65 bits per heavy atom. The van der Waals surface area contributed by atoms with Gasteiger partial charge in [-0.2, -0.15) is 0 Å². The van der Waals surface area contributed by atoms with E-state index >= 15 is 0 Å². The molecule has 9 heteroatoms. The quantitative estimate of drug-likeness (QED) is 0.265. The average Bonchev–Trinajstić information content (AvgIpc) is 3.33. The molecule has 2 heterocycles. The van der Waals surface area contributed by atoms with Gasteiger partial charge in [0.15, 0.2) is 5.96 Å². The molecule has 168 valence electrons. The van der Waals surface area contributed by atoms with Gasteiger partial charge in [-0.1, -0.05) is 25.1 Å². The van der Waals surface area contributed by atoms with Crippen molar-refractivity contribution in [2.45, 2.75) is 38.9 Å². The number of nitro benzene ring substituents is 1. The zero-order chi connectivity index (χ0) is 22.1. The number of thiophene rings is 1. The number of ether oxygens (including phenoxy) is 1. The van der Waals surface area contributed by atoms with E-state index in [0.717, 1.165) is 50.8 Å². The van der Waals surface area contributed by atoms with Gasteiger partial charge in [0, 0.05) is 42.7 Å². The van der Waals surface area contributed by atoms with Crippen LogP contribution in [-0.2, 0) is 11.3 Å². The Labute approximate surface area is 187 Å². The first-order valence-corrected chi connectivity index (χ1v) is 11.6. The van der Waals surface area contributed by atoms with Crippen molar-refractivity contribution in [2.75, 3.05) is 32.8 Å². The van der Waals surface area contributed by atoms with Crippen LogP contribution >= 0.6 is 11.3 Å². The van der Waals surface area contributed by atoms with E-state index in [1.54, 1.807) is 23.5 Å². The summed E-state index contributed by atoms with van der Waals surface area (Å²) in [6, 6.07) is 11.4. The molecule has 1 aliphatic heterocycles. The molecule has 2 atom stereocenters. The fraction of sp³-hybridized carbons (Fsp3) is 0.500. The molecule has 3 rings (SSSR count). The number of non-ortho nitro benzene ring substituents is 1. The summed E-state index contributed by atoms with van der Waals surface area (Å²) >= 11 is 1.77. The summed E-state index contributed by atoms with van der Waals surface area (Å²) in [7, 11) is 0. The third-order valence-electron chi connectivity index (χ3n) is 5.38. The number of hydrogen-bond acceptors (Lipinski definition) is 6. The zero-order valence-electron chi connectivity index (χ0n) is 18.1. The van der Waals surface area contributed by atoms with E-state index in [2.05, 4.69) is 46.9 Å². The molecule has 2 aromatic rings. The lowest BCUT2D eigenvalue weighted by Crippen LogP contribution is -2.47. The lowest BCUT2D eigenvalue weighted by atomic mass is 10.2. The summed E-state index contributed by atoms with van der Waals surface area (Å²) in [6.45, 7) is 8.79. The van der Waals surface area contributed by atoms with Gasteiger partial charge < -0.3 is 15.4 Å². The van der Waals surface area contributed by atoms with E-state index in [-0.39, 0.29) is 22.7 Å². The molecule has 1 fully saturated rings. The highest BCUT2D eigenvalue weighted by molar-refractivity contribution is 7.10. The Hall–Kier alpha value is -2.49. The Balaban J connectivity index is 1.69. The molecule has 1 aromatic carbocycles. The monoisotopic (exact) mass is 445 g/mol. The molecule has 8 nitrogen and oxygen atoms in total. The minimum atomic E-state index is -0.388. The fourth-order valence-corrected chi connectivity index (χ4v) is 4.22. The van der Waals surface area contributed by atoms with Crippen molar-refractivity contribution < 1.29 is 9.66 Å². The number of benzene rings is 1. The highest BCUT2D eigenvalue weighted by atomic mass is 32.1. The molecule has 1 aromatic heterocycles. The smallest absolute Gasteiger partial charge is 0.269 e. The average molecular weight is 446 g/mol. The van der Waals surface area contributed by atoms with E-state index in [9.17, 15) is 10.1 Å². The second-order valence-electron chi connectivity index (χ2n) is 7.60. The van der Waals surface area contributed by atoms with Crippen molar-refractivity contribution in [3.05, 3.63) is 62.3 Å². The van der Waals surface area contributed by atoms with Gasteiger partial charge in [-0.15, -0.1) is 11.3 Å². The topological polar surface area (TPSA) is 92.0 Å². The first-order valence-electron chi connectivity index (χ1n) is 10.7. The maximum Gasteiger partial charge on any atom is 0.269 e. The molecule has 0 bridgehead atoms. The number of morpholine rings is 1. The number of guanidine groups is 1. The van der Waals surface area contributed by atoms with Crippen LogP contribution in [0.3, 0.4) is 0 Å². The minimum absolute atomic E-state index is 0.0908. The van der Waals surface area contributed by atoms with Gasteiger partial charge in [-0.05, 0) is 30.4 Å². The van der Waals surface area contributed by atoms with Crippen molar-refractivity contribution >= 4 is 23.0 Å². The van der Waals surface area contributed by atoms with Crippen molar-refractivity contribution in [2.24, 2.45) is 4.99 Å². The van der Waals surface area contributed by atoms with Gasteiger partial charge in [0.25, 0.3) is 5.69 Å². The Morgan fingerprint density at radius 1 is 1.29 bits per heavy atom. The van der Waals surface area contributed by atoms with Crippen LogP contribution in [0.15, 0.2) is 46.8 Å². The van der Waals surface area contributed by atoms with Crippen molar-refractivity contribution in [1.82, 2.24) is 15.5 Å². The van der Waals surface area contributed by atoms with Crippen LogP contribution < -0.4 is 10.6 Å². The lowest BCUT2D eigenvalue weighted by molar-refractivity contribution is -0.384. The molecule has 0 spiro atoms. The van der Waals surface area contributed by atoms with Crippen LogP contribution in [0, 0.1) is 10.1 Å². The molecule has 0 aliphatic carbocycles. The predicted molar refractivity (Wildman–Crippen MR) is 125 cm³/mol. The number of hydrogen-bond donors (Lipinski definition) is 2. The molecule has 0 radical (unpaired) electrons. The van der Waals surface area contributed by atoms with E-state index in [0.29, 0.717) is 6.54 Å². The molecular formula is C22H31N5O3S. The van der Waals surface area contributed by atoms with Gasteiger partial charge in [-0.3, -0.25) is 15.0 Å². The van der Waals surface area contributed by atoms with Gasteiger partial charge in [0.1, 0.15) is 0 Å². The molecule has 31 heavy (non-hydrogen) atoms. The van der Waals surface area contributed by atoms with Crippen molar-refractivity contribution in [3.8, 4) is 0 Å². The van der Waals surface area contributed by atoms with E-state index in [1.165, 1.54) is 17.0 Å². The Bertz CT molecular complexity index is 835. The summed E-state index contributed by atoms with van der Waals surface area (Å²) < 4.78 is 5.53. The van der Waals surface area contributed by atoms with Crippen molar-refractivity contribution in [3.63, 3.8) is 0 Å². The third kappa shape index (κ3) is 7.02. The first-order chi connectivity index (χ1) is 15.1. The van der Waals surface area contributed by atoms with Crippen LogP contribution in [-0.4, -0.2) is 54.7 Å². The second kappa shape index (κ2) is 11.8. The number of nitrogens with one attached hydrogen (secondary N) is 2. The lowest BCUT2D eigenvalue weighted by Gasteiger charge is -2.34. The standard InChI is InChI=1S/C22H31N5O3S/c1-3-17(2)25-22(23-15-18-6-8-19(9-7-18)27(28)29)24-16-20(21-5-4-14-31-21)26-10-12-30-13-11-26/h4-9,14,17,20H,3,10-13,15-16H2,1-2H3,(H2,23,24,25). The summed E-state index contributed by atoms with van der Waals surface area (Å²) in [5.74, 6) is 0.752. The maximum absolute atomic E-state index is 10.9. The second-order valence-corrected chi connectivity index (χ2v) is 8.58. The molecule has 0 amide bonds. The van der Waals surface area contributed by atoms with Gasteiger partial charge >= 0.3 is 0 Å². The zero-order valence-corrected chi connectivity index (χ0v) is 18.9. The van der Waals surface area contributed by atoms with E-state index in [1.807, 2.05) is 0 Å². The van der Waals surface area contributed by atoms with Crippen LogP contribution in [0.25, 0.3) is 0 Å². The summed E-state index contributed by atoms with van der Waals surface area (Å²) in [6.07, 6.45) is 0.982. The molecule has 0 saturated carbocycles. The number of nitrogens with zero attached hydrogens (tertiary/aromatic N) is 3. The molecule has 1 saturated heterocycles. The maximum atomic E-state index is 10.9. The number of nitro groups is 1. The Kier molecular flexibility index (Phi) is 8.81. The van der Waals surface area contributed by atoms with Gasteiger partial charge in [-0.25, -0.2) is 4.99 Å². The minimum Gasteiger partial charge on any atom is -0.379 e. The normalized spacial score (nSPS) is 17.2. The summed E-state index contributed by atoms with van der Waals surface area (Å²) in [5.41, 5.74) is 1.02. The molecule has 1 aliphatic rings. The van der Waals surface area contributed by atoms with E-state index in [4.69, 9.17) is 9.73 Å². The van der Waals surface area contributed by atoms with Crippen LogP contribution in [0.1, 0.15) is 36.8 Å². The SMILES string of the molecule is CCC(C)NC(=NCc1ccc([N+](=O)[O-])cc1)NCC(c1cccs1)N1CCOCC1. The third-order valence-corrected chi connectivity index (χ3v) is 6.36. The van der Waals surface area contributed by atoms with Crippen LogP contribution in [0.2, 0.25) is 0 Å². The highest BCUT2D eigenvalue weighted by Gasteiger charge is 2.23. The Morgan fingerprint density at radius 2 is 2.03 bits per heavy atom.